The zero-order valence-corrected chi connectivity index (χ0v) is 15.6. The van der Waals surface area contributed by atoms with E-state index in [1.165, 1.54) is 6.07 Å². The second-order valence-corrected chi connectivity index (χ2v) is 7.50. The van der Waals surface area contributed by atoms with Crippen LogP contribution < -0.4 is 4.31 Å². The summed E-state index contributed by atoms with van der Waals surface area (Å²) in [7, 11) is 0.575. The number of fused-ring (bicyclic) bond motifs is 1. The Balaban J connectivity index is 1.77. The van der Waals surface area contributed by atoms with Gasteiger partial charge in [-0.25, -0.2) is 18.6 Å². The second kappa shape index (κ2) is 6.92. The molecule has 0 radical (unpaired) electrons. The highest BCUT2D eigenvalue weighted by atomic mass is 32.2. The lowest BCUT2D eigenvalue weighted by atomic mass is 10.0. The first-order valence-electron chi connectivity index (χ1n) is 8.31. The molecule has 4 aromatic rings. The van der Waals surface area contributed by atoms with Crippen LogP contribution in [-0.2, 0) is 11.0 Å². The van der Waals surface area contributed by atoms with Crippen molar-refractivity contribution in [2.24, 2.45) is 0 Å². The van der Waals surface area contributed by atoms with Crippen molar-refractivity contribution < 1.29 is 8.60 Å². The fourth-order valence-corrected chi connectivity index (χ4v) is 3.42. The van der Waals surface area contributed by atoms with Crippen LogP contribution in [0.15, 0.2) is 60.9 Å². The molecule has 7 heteroatoms. The van der Waals surface area contributed by atoms with E-state index in [-0.39, 0.29) is 5.82 Å². The highest BCUT2D eigenvalue weighted by Gasteiger charge is 2.14. The first-order valence-corrected chi connectivity index (χ1v) is 9.83. The number of rotatable bonds is 4. The Morgan fingerprint density at radius 2 is 1.93 bits per heavy atom. The molecule has 4 rings (SSSR count). The molecule has 0 aliphatic carbocycles. The van der Waals surface area contributed by atoms with Gasteiger partial charge in [-0.1, -0.05) is 24.3 Å². The van der Waals surface area contributed by atoms with E-state index in [9.17, 15) is 8.60 Å². The summed E-state index contributed by atoms with van der Waals surface area (Å²) in [4.78, 5) is 11.7. The number of benzene rings is 2. The van der Waals surface area contributed by atoms with Gasteiger partial charge in [0.1, 0.15) is 22.3 Å². The van der Waals surface area contributed by atoms with Gasteiger partial charge in [0.15, 0.2) is 5.65 Å². The minimum Gasteiger partial charge on any atom is -0.345 e. The molecular weight excluding hydrogens is 363 g/mol. The monoisotopic (exact) mass is 380 g/mol. The van der Waals surface area contributed by atoms with Gasteiger partial charge in [-0.2, -0.15) is 0 Å². The van der Waals surface area contributed by atoms with E-state index in [1.807, 2.05) is 30.3 Å². The number of halogens is 1. The highest BCUT2D eigenvalue weighted by molar-refractivity contribution is 7.85. The van der Waals surface area contributed by atoms with Crippen LogP contribution >= 0.6 is 0 Å². The molecule has 0 aliphatic heterocycles. The van der Waals surface area contributed by atoms with E-state index in [0.29, 0.717) is 28.0 Å². The van der Waals surface area contributed by atoms with Gasteiger partial charge in [-0.05, 0) is 29.8 Å². The molecule has 0 aliphatic rings. The first kappa shape index (κ1) is 17.4. The minimum atomic E-state index is -1.18. The van der Waals surface area contributed by atoms with Gasteiger partial charge in [0, 0.05) is 30.6 Å². The molecule has 0 fully saturated rings. The summed E-state index contributed by atoms with van der Waals surface area (Å²) in [5.41, 5.74) is 4.52. The van der Waals surface area contributed by atoms with Crippen LogP contribution in [0.3, 0.4) is 0 Å². The Morgan fingerprint density at radius 3 is 2.70 bits per heavy atom. The normalized spacial score (nSPS) is 12.3. The average Bonchev–Trinajstić information content (AvgIpc) is 3.15. The maximum Gasteiger partial charge on any atom is 0.156 e. The molecule has 1 N–H and O–H groups in total. The average molecular weight is 380 g/mol. The van der Waals surface area contributed by atoms with Crippen molar-refractivity contribution >= 4 is 27.8 Å². The van der Waals surface area contributed by atoms with Crippen molar-refractivity contribution in [1.82, 2.24) is 15.0 Å². The smallest absolute Gasteiger partial charge is 0.156 e. The van der Waals surface area contributed by atoms with Crippen LogP contribution in [0.25, 0.3) is 33.5 Å². The Kier molecular flexibility index (Phi) is 4.45. The maximum atomic E-state index is 14.9. The third-order valence-electron chi connectivity index (χ3n) is 4.45. The minimum absolute atomic E-state index is 0.383. The van der Waals surface area contributed by atoms with E-state index >= 15 is 0 Å². The fraction of sp³-hybridized carbons (Fsp3) is 0.100. The number of hydrogen-bond donors (Lipinski definition) is 1. The molecule has 2 aromatic carbocycles. The molecular formula is C20H17FN4OS. The Hall–Kier alpha value is -3.06. The summed E-state index contributed by atoms with van der Waals surface area (Å²) in [6, 6.07) is 14.3. The van der Waals surface area contributed by atoms with Crippen molar-refractivity contribution in [3.8, 4) is 22.4 Å². The van der Waals surface area contributed by atoms with Crippen molar-refractivity contribution in [3.63, 3.8) is 0 Å². The quantitative estimate of drug-likeness (QED) is 0.578. The number of aromatic amines is 1. The zero-order chi connectivity index (χ0) is 19.0. The van der Waals surface area contributed by atoms with E-state index < -0.39 is 11.0 Å². The highest BCUT2D eigenvalue weighted by Crippen LogP contribution is 2.33. The second-order valence-electron chi connectivity index (χ2n) is 6.10. The molecule has 0 amide bonds. The van der Waals surface area contributed by atoms with Gasteiger partial charge >= 0.3 is 0 Å². The number of anilines is 1. The lowest BCUT2D eigenvalue weighted by molar-refractivity contribution is 0.631. The summed E-state index contributed by atoms with van der Waals surface area (Å²) < 4.78 is 28.4. The molecule has 0 saturated heterocycles. The topological polar surface area (TPSA) is 61.9 Å². The predicted molar refractivity (Wildman–Crippen MR) is 107 cm³/mol. The van der Waals surface area contributed by atoms with Crippen molar-refractivity contribution in [2.45, 2.75) is 0 Å². The summed E-state index contributed by atoms with van der Waals surface area (Å²) >= 11 is 0. The van der Waals surface area contributed by atoms with Gasteiger partial charge in [-0.15, -0.1) is 0 Å². The van der Waals surface area contributed by atoms with Gasteiger partial charge in [0.05, 0.1) is 17.6 Å². The molecule has 1 atom stereocenters. The van der Waals surface area contributed by atoms with Crippen molar-refractivity contribution in [2.75, 3.05) is 17.6 Å². The van der Waals surface area contributed by atoms with E-state index in [0.717, 1.165) is 11.3 Å². The van der Waals surface area contributed by atoms with Crippen molar-refractivity contribution in [1.29, 1.82) is 0 Å². The largest absolute Gasteiger partial charge is 0.345 e. The Morgan fingerprint density at radius 1 is 1.11 bits per heavy atom. The Bertz CT molecular complexity index is 1160. The van der Waals surface area contributed by atoms with E-state index in [1.54, 1.807) is 42.1 Å². The Labute approximate surface area is 158 Å². The van der Waals surface area contributed by atoms with Gasteiger partial charge in [-0.3, -0.25) is 4.31 Å². The van der Waals surface area contributed by atoms with Crippen LogP contribution in [-0.4, -0.2) is 32.5 Å². The molecule has 0 bridgehead atoms. The van der Waals surface area contributed by atoms with E-state index in [4.69, 9.17) is 0 Å². The summed E-state index contributed by atoms with van der Waals surface area (Å²) in [5, 5.41) is 0. The molecule has 0 spiro atoms. The molecule has 27 heavy (non-hydrogen) atoms. The number of aromatic nitrogens is 3. The lowest BCUT2D eigenvalue weighted by Crippen LogP contribution is -2.19. The number of nitrogens with one attached hydrogen (secondary N) is 1. The van der Waals surface area contributed by atoms with Gasteiger partial charge in [0.25, 0.3) is 0 Å². The summed E-state index contributed by atoms with van der Waals surface area (Å²) in [6.45, 7) is 0. The fourth-order valence-electron chi connectivity index (χ4n) is 2.98. The number of para-hydroxylation sites is 1. The van der Waals surface area contributed by atoms with Crippen LogP contribution in [0.2, 0.25) is 0 Å². The standard InChI is InChI=1S/C20H17FN4OS/c1-25(27(2)26)19-6-4-3-5-14(19)13-7-8-15(16(21)11-13)18-12-23-20-17(24-18)9-10-22-20/h3-12H,1-2H3,(H,22,23). The SMILES string of the molecule is CN(c1ccccc1-c1ccc(-c2cnc3[nH]ccc3n2)c(F)c1)S(C)=O. The van der Waals surface area contributed by atoms with Crippen molar-refractivity contribution in [3.05, 3.63) is 66.7 Å². The molecule has 5 nitrogen and oxygen atoms in total. The number of nitrogens with zero attached hydrogens (tertiary/aromatic N) is 3. The molecule has 1 unspecified atom stereocenters. The van der Waals surface area contributed by atoms with Crippen LogP contribution in [0.1, 0.15) is 0 Å². The molecule has 2 heterocycles. The van der Waals surface area contributed by atoms with Crippen LogP contribution in [0.5, 0.6) is 0 Å². The molecule has 0 saturated carbocycles. The first-order chi connectivity index (χ1) is 13.0. The van der Waals surface area contributed by atoms with Crippen LogP contribution in [0.4, 0.5) is 10.1 Å². The number of hydrogen-bond acceptors (Lipinski definition) is 3. The van der Waals surface area contributed by atoms with Gasteiger partial charge in [0.2, 0.25) is 0 Å². The predicted octanol–water partition coefficient (Wildman–Crippen LogP) is 4.16. The zero-order valence-electron chi connectivity index (χ0n) is 14.8. The lowest BCUT2D eigenvalue weighted by Gasteiger charge is -2.19. The summed E-state index contributed by atoms with van der Waals surface area (Å²) in [5.74, 6) is -0.383. The summed E-state index contributed by atoms with van der Waals surface area (Å²) in [6.07, 6.45) is 4.91. The van der Waals surface area contributed by atoms with Crippen LogP contribution in [0, 0.1) is 5.82 Å². The maximum absolute atomic E-state index is 14.9. The third kappa shape index (κ3) is 3.21. The molecule has 136 valence electrons. The number of H-pyrrole nitrogens is 1. The third-order valence-corrected chi connectivity index (χ3v) is 5.41. The van der Waals surface area contributed by atoms with E-state index in [2.05, 4.69) is 15.0 Å². The van der Waals surface area contributed by atoms with Gasteiger partial charge < -0.3 is 4.98 Å². The molecule has 2 aromatic heterocycles.